The monoisotopic (exact) mass is 517 g/mol. The Hall–Kier alpha value is -0.860. The lowest BCUT2D eigenvalue weighted by molar-refractivity contribution is 0.0536. The Morgan fingerprint density at radius 3 is 2.52 bits per heavy atom. The van der Waals surface area contributed by atoms with E-state index in [9.17, 15) is 0 Å². The molecule has 1 fully saturated rings. The summed E-state index contributed by atoms with van der Waals surface area (Å²) in [5.74, 6) is 1.61. The number of rotatable bonds is 11. The number of ether oxygens (including phenoxy) is 2. The van der Waals surface area contributed by atoms with Gasteiger partial charge in [0.25, 0.3) is 0 Å². The zero-order valence-corrected chi connectivity index (χ0v) is 21.0. The summed E-state index contributed by atoms with van der Waals surface area (Å²) in [5, 5.41) is 3.51. The molecule has 0 bridgehead atoms. The molecule has 6 heteroatoms. The van der Waals surface area contributed by atoms with Gasteiger partial charge in [-0.2, -0.15) is 0 Å². The molecule has 1 aliphatic rings. The van der Waals surface area contributed by atoms with Gasteiger partial charge in [-0.15, -0.1) is 24.0 Å². The molecule has 1 aromatic carbocycles. The Balaban J connectivity index is 0.00000420. The Morgan fingerprint density at radius 1 is 1.17 bits per heavy atom. The molecule has 1 heterocycles. The van der Waals surface area contributed by atoms with Gasteiger partial charge in [-0.25, -0.2) is 0 Å². The maximum atomic E-state index is 5.74. The van der Waals surface area contributed by atoms with Crippen LogP contribution >= 0.6 is 24.0 Å². The minimum absolute atomic E-state index is 0. The van der Waals surface area contributed by atoms with Crippen molar-refractivity contribution in [3.63, 3.8) is 0 Å². The molecule has 0 saturated carbocycles. The normalized spacial score (nSPS) is 17.3. The van der Waals surface area contributed by atoms with Gasteiger partial charge in [-0.05, 0) is 31.7 Å². The number of guanidine groups is 1. The fraction of sp³-hybridized carbons (Fsp3) is 0.696. The summed E-state index contributed by atoms with van der Waals surface area (Å²) < 4.78 is 10.8. The Bertz CT molecular complexity index is 579. The molecular weight excluding hydrogens is 477 g/mol. The van der Waals surface area contributed by atoms with Crippen LogP contribution in [0.3, 0.4) is 0 Å². The number of methoxy groups -OCH3 is 1. The second kappa shape index (κ2) is 14.2. The van der Waals surface area contributed by atoms with E-state index < -0.39 is 0 Å². The molecule has 2 rings (SSSR count). The molecule has 0 aromatic heterocycles. The molecule has 0 spiro atoms. The summed E-state index contributed by atoms with van der Waals surface area (Å²) in [6.45, 7) is 12.6. The highest BCUT2D eigenvalue weighted by Gasteiger charge is 2.30. The standard InChI is InChI=1S/C23H39N3O2.HI/c1-5-23(6-2,21-11-9-8-10-12-21)19-25-22(24-7-3)26-14-13-20(17-26)18-28-16-15-27-4;/h8-12,20H,5-7,13-19H2,1-4H3,(H,24,25);1H. The maximum Gasteiger partial charge on any atom is 0.193 e. The van der Waals surface area contributed by atoms with E-state index in [1.54, 1.807) is 7.11 Å². The van der Waals surface area contributed by atoms with Crippen LogP contribution in [0.5, 0.6) is 0 Å². The molecule has 1 aromatic rings. The van der Waals surface area contributed by atoms with Crippen molar-refractivity contribution in [1.29, 1.82) is 0 Å². The number of halogens is 1. The molecule has 0 aliphatic carbocycles. The first-order valence-electron chi connectivity index (χ1n) is 10.8. The lowest BCUT2D eigenvalue weighted by atomic mass is 9.76. The highest BCUT2D eigenvalue weighted by Crippen LogP contribution is 2.32. The molecule has 5 nitrogen and oxygen atoms in total. The number of nitrogens with one attached hydrogen (secondary N) is 1. The van der Waals surface area contributed by atoms with Crippen LogP contribution in [0.15, 0.2) is 35.3 Å². The van der Waals surface area contributed by atoms with Crippen molar-refractivity contribution in [3.05, 3.63) is 35.9 Å². The van der Waals surface area contributed by atoms with E-state index in [4.69, 9.17) is 14.5 Å². The quantitative estimate of drug-likeness (QED) is 0.206. The highest BCUT2D eigenvalue weighted by molar-refractivity contribution is 14.0. The third-order valence-electron chi connectivity index (χ3n) is 5.98. The van der Waals surface area contributed by atoms with Gasteiger partial charge < -0.3 is 19.7 Å². The maximum absolute atomic E-state index is 5.74. The summed E-state index contributed by atoms with van der Waals surface area (Å²) >= 11 is 0. The van der Waals surface area contributed by atoms with E-state index in [2.05, 4.69) is 61.3 Å². The number of aliphatic imine (C=N–C) groups is 1. The van der Waals surface area contributed by atoms with Crippen molar-refractivity contribution in [2.24, 2.45) is 10.9 Å². The predicted molar refractivity (Wildman–Crippen MR) is 132 cm³/mol. The van der Waals surface area contributed by atoms with Crippen molar-refractivity contribution in [2.45, 2.75) is 45.4 Å². The smallest absolute Gasteiger partial charge is 0.193 e. The zero-order chi connectivity index (χ0) is 20.2. The third kappa shape index (κ3) is 7.72. The van der Waals surface area contributed by atoms with Crippen LogP contribution in [0.4, 0.5) is 0 Å². The molecular formula is C23H40IN3O2. The van der Waals surface area contributed by atoms with Gasteiger partial charge in [0.2, 0.25) is 0 Å². The Morgan fingerprint density at radius 2 is 1.90 bits per heavy atom. The van der Waals surface area contributed by atoms with Crippen molar-refractivity contribution in [3.8, 4) is 0 Å². The van der Waals surface area contributed by atoms with Crippen molar-refractivity contribution >= 4 is 29.9 Å². The average molecular weight is 517 g/mol. The van der Waals surface area contributed by atoms with Crippen LogP contribution in [0.2, 0.25) is 0 Å². The van der Waals surface area contributed by atoms with E-state index in [-0.39, 0.29) is 29.4 Å². The fourth-order valence-corrected chi connectivity index (χ4v) is 3.97. The van der Waals surface area contributed by atoms with Gasteiger partial charge in [-0.3, -0.25) is 4.99 Å². The summed E-state index contributed by atoms with van der Waals surface area (Å²) in [6.07, 6.45) is 3.33. The molecule has 0 radical (unpaired) electrons. The highest BCUT2D eigenvalue weighted by atomic mass is 127. The van der Waals surface area contributed by atoms with Gasteiger partial charge in [0.05, 0.1) is 26.4 Å². The Kier molecular flexibility index (Phi) is 12.8. The Labute approximate surface area is 194 Å². The predicted octanol–water partition coefficient (Wildman–Crippen LogP) is 4.31. The zero-order valence-electron chi connectivity index (χ0n) is 18.7. The SMILES string of the molecule is CCNC(=NCC(CC)(CC)c1ccccc1)N1CCC(COCCOC)C1.I. The van der Waals surface area contributed by atoms with E-state index in [0.717, 1.165) is 58.0 Å². The number of hydrogen-bond donors (Lipinski definition) is 1. The van der Waals surface area contributed by atoms with Crippen molar-refractivity contribution in [1.82, 2.24) is 10.2 Å². The van der Waals surface area contributed by atoms with Gasteiger partial charge in [0, 0.05) is 38.1 Å². The fourth-order valence-electron chi connectivity index (χ4n) is 3.97. The summed E-state index contributed by atoms with van der Waals surface area (Å²) in [5.41, 5.74) is 1.50. The van der Waals surface area contributed by atoms with Crippen LogP contribution in [0.25, 0.3) is 0 Å². The van der Waals surface area contributed by atoms with E-state index in [1.807, 2.05) is 0 Å². The lowest BCUT2D eigenvalue weighted by Gasteiger charge is -2.32. The third-order valence-corrected chi connectivity index (χ3v) is 5.98. The minimum atomic E-state index is 0. The molecule has 0 amide bonds. The van der Waals surface area contributed by atoms with E-state index in [0.29, 0.717) is 19.1 Å². The van der Waals surface area contributed by atoms with Crippen molar-refractivity contribution < 1.29 is 9.47 Å². The first-order chi connectivity index (χ1) is 13.7. The van der Waals surface area contributed by atoms with Crippen LogP contribution in [-0.4, -0.2) is 64.0 Å². The second-order valence-electron chi connectivity index (χ2n) is 7.69. The summed E-state index contributed by atoms with van der Waals surface area (Å²) in [4.78, 5) is 7.50. The topological polar surface area (TPSA) is 46.1 Å². The van der Waals surface area contributed by atoms with Gasteiger partial charge in [0.15, 0.2) is 5.96 Å². The van der Waals surface area contributed by atoms with Crippen molar-refractivity contribution in [2.75, 3.05) is 53.1 Å². The first kappa shape index (κ1) is 26.2. The minimum Gasteiger partial charge on any atom is -0.382 e. The van der Waals surface area contributed by atoms with Crippen LogP contribution in [0, 0.1) is 5.92 Å². The first-order valence-corrected chi connectivity index (χ1v) is 10.8. The number of nitrogens with zero attached hydrogens (tertiary/aromatic N) is 2. The molecule has 1 atom stereocenters. The number of likely N-dealkylation sites (tertiary alicyclic amines) is 1. The molecule has 1 N–H and O–H groups in total. The summed E-state index contributed by atoms with van der Waals surface area (Å²) in [6, 6.07) is 10.9. The number of benzene rings is 1. The molecule has 29 heavy (non-hydrogen) atoms. The van der Waals surface area contributed by atoms with E-state index in [1.165, 1.54) is 5.56 Å². The van der Waals surface area contributed by atoms with Crippen LogP contribution < -0.4 is 5.32 Å². The lowest BCUT2D eigenvalue weighted by Crippen LogP contribution is -2.41. The van der Waals surface area contributed by atoms with Gasteiger partial charge in [-0.1, -0.05) is 44.2 Å². The number of hydrogen-bond acceptors (Lipinski definition) is 3. The second-order valence-corrected chi connectivity index (χ2v) is 7.69. The molecule has 1 aliphatic heterocycles. The van der Waals surface area contributed by atoms with Gasteiger partial charge >= 0.3 is 0 Å². The molecule has 166 valence electrons. The van der Waals surface area contributed by atoms with Crippen LogP contribution in [-0.2, 0) is 14.9 Å². The van der Waals surface area contributed by atoms with Gasteiger partial charge in [0.1, 0.15) is 0 Å². The van der Waals surface area contributed by atoms with E-state index >= 15 is 0 Å². The molecule has 1 saturated heterocycles. The van der Waals surface area contributed by atoms with Crippen LogP contribution in [0.1, 0.15) is 45.6 Å². The summed E-state index contributed by atoms with van der Waals surface area (Å²) in [7, 11) is 1.71. The largest absolute Gasteiger partial charge is 0.382 e. The molecule has 1 unspecified atom stereocenters. The average Bonchev–Trinajstić information content (AvgIpc) is 3.21.